The number of aryl methyl sites for hydroxylation is 1. The third-order valence-corrected chi connectivity index (χ3v) is 5.42. The van der Waals surface area contributed by atoms with E-state index in [2.05, 4.69) is 0 Å². The highest BCUT2D eigenvalue weighted by Crippen LogP contribution is 2.52. The van der Waals surface area contributed by atoms with Gasteiger partial charge >= 0.3 is 0 Å². The van der Waals surface area contributed by atoms with Gasteiger partial charge in [0, 0.05) is 16.9 Å². The number of benzene rings is 1. The van der Waals surface area contributed by atoms with E-state index in [1.54, 1.807) is 0 Å². The molecule has 2 nitrogen and oxygen atoms in total. The van der Waals surface area contributed by atoms with Crippen molar-refractivity contribution < 1.29 is 9.84 Å². The molecular formula is C17H23ClO2. The smallest absolute Gasteiger partial charge is 0.122 e. The van der Waals surface area contributed by atoms with E-state index in [-0.39, 0.29) is 17.6 Å². The Morgan fingerprint density at radius 3 is 2.50 bits per heavy atom. The molecule has 0 saturated heterocycles. The zero-order chi connectivity index (χ0) is 14.2. The fourth-order valence-electron chi connectivity index (χ4n) is 3.83. The summed E-state index contributed by atoms with van der Waals surface area (Å²) in [6.45, 7) is 2.02. The normalized spacial score (nSPS) is 28.8. The number of aliphatic hydroxyl groups excluding tert-OH is 1. The Morgan fingerprint density at radius 1 is 1.20 bits per heavy atom. The maximum atomic E-state index is 10.3. The van der Waals surface area contributed by atoms with Gasteiger partial charge in [-0.15, -0.1) is 0 Å². The fraction of sp³-hybridized carbons (Fsp3) is 0.647. The lowest BCUT2D eigenvalue weighted by Crippen LogP contribution is -2.59. The molecular weight excluding hydrogens is 272 g/mol. The van der Waals surface area contributed by atoms with Crippen LogP contribution in [0.25, 0.3) is 0 Å². The van der Waals surface area contributed by atoms with Gasteiger partial charge < -0.3 is 9.84 Å². The standard InChI is InChI=1S/C17H23ClO2/c1-12-10-13(18)6-7-14(12)20-16-11-15(19)17(16)8-4-2-3-5-9-17/h6-7,10,15-16,19H,2-5,8-9,11H2,1H3. The van der Waals surface area contributed by atoms with Crippen LogP contribution in [0.2, 0.25) is 5.02 Å². The van der Waals surface area contributed by atoms with Gasteiger partial charge in [-0.1, -0.05) is 37.3 Å². The molecule has 2 atom stereocenters. The quantitative estimate of drug-likeness (QED) is 0.870. The van der Waals surface area contributed by atoms with Crippen LogP contribution in [-0.4, -0.2) is 17.3 Å². The van der Waals surface area contributed by atoms with Gasteiger partial charge in [0.25, 0.3) is 0 Å². The molecule has 1 aromatic rings. The summed E-state index contributed by atoms with van der Waals surface area (Å²) in [6, 6.07) is 5.76. The van der Waals surface area contributed by atoms with Crippen LogP contribution in [0.15, 0.2) is 18.2 Å². The highest BCUT2D eigenvalue weighted by atomic mass is 35.5. The van der Waals surface area contributed by atoms with Crippen LogP contribution in [0.5, 0.6) is 5.75 Å². The van der Waals surface area contributed by atoms with E-state index in [0.29, 0.717) is 0 Å². The molecule has 0 heterocycles. The van der Waals surface area contributed by atoms with Crippen LogP contribution in [-0.2, 0) is 0 Å². The second-order valence-electron chi connectivity index (χ2n) is 6.42. The number of ether oxygens (including phenoxy) is 1. The van der Waals surface area contributed by atoms with Crippen molar-refractivity contribution in [2.45, 2.75) is 64.1 Å². The van der Waals surface area contributed by atoms with Gasteiger partial charge in [0.15, 0.2) is 0 Å². The van der Waals surface area contributed by atoms with Gasteiger partial charge in [-0.25, -0.2) is 0 Å². The predicted octanol–water partition coefficient (Wildman–Crippen LogP) is 4.50. The topological polar surface area (TPSA) is 29.5 Å². The Hall–Kier alpha value is -0.730. The van der Waals surface area contributed by atoms with Gasteiger partial charge in [-0.3, -0.25) is 0 Å². The minimum atomic E-state index is -0.182. The SMILES string of the molecule is Cc1cc(Cl)ccc1OC1CC(O)C12CCCCCC2. The summed E-state index contributed by atoms with van der Waals surface area (Å²) in [6.07, 6.45) is 7.97. The summed E-state index contributed by atoms with van der Waals surface area (Å²) in [4.78, 5) is 0. The van der Waals surface area contributed by atoms with Crippen molar-refractivity contribution in [3.63, 3.8) is 0 Å². The van der Waals surface area contributed by atoms with Gasteiger partial charge in [0.2, 0.25) is 0 Å². The average molecular weight is 295 g/mol. The highest BCUT2D eigenvalue weighted by molar-refractivity contribution is 6.30. The molecule has 2 aliphatic rings. The Bertz CT molecular complexity index is 478. The van der Waals surface area contributed by atoms with Crippen LogP contribution in [0.4, 0.5) is 0 Å². The summed E-state index contributed by atoms with van der Waals surface area (Å²) in [5.74, 6) is 0.912. The summed E-state index contributed by atoms with van der Waals surface area (Å²) in [5.41, 5.74) is 1.07. The first kappa shape index (κ1) is 14.2. The molecule has 0 aliphatic heterocycles. The van der Waals surface area contributed by atoms with Crippen molar-refractivity contribution in [3.8, 4) is 5.75 Å². The zero-order valence-electron chi connectivity index (χ0n) is 12.1. The third-order valence-electron chi connectivity index (χ3n) is 5.18. The molecule has 1 aromatic carbocycles. The van der Waals surface area contributed by atoms with Crippen molar-refractivity contribution in [1.29, 1.82) is 0 Å². The minimum absolute atomic E-state index is 0.00256. The first-order valence-electron chi connectivity index (χ1n) is 7.73. The number of hydrogen-bond acceptors (Lipinski definition) is 2. The molecule has 3 heteroatoms. The maximum Gasteiger partial charge on any atom is 0.122 e. The van der Waals surface area contributed by atoms with Crippen molar-refractivity contribution in [2.24, 2.45) is 5.41 Å². The monoisotopic (exact) mass is 294 g/mol. The van der Waals surface area contributed by atoms with Crippen molar-refractivity contribution in [1.82, 2.24) is 0 Å². The molecule has 1 N–H and O–H groups in total. The zero-order valence-corrected chi connectivity index (χ0v) is 12.8. The Balaban J connectivity index is 1.76. The molecule has 0 radical (unpaired) electrons. The van der Waals surface area contributed by atoms with E-state index >= 15 is 0 Å². The van der Waals surface area contributed by atoms with E-state index in [1.165, 1.54) is 25.7 Å². The second-order valence-corrected chi connectivity index (χ2v) is 6.85. The summed E-state index contributed by atoms with van der Waals surface area (Å²) in [5, 5.41) is 11.1. The molecule has 0 aromatic heterocycles. The highest BCUT2D eigenvalue weighted by Gasteiger charge is 2.55. The minimum Gasteiger partial charge on any atom is -0.489 e. The van der Waals surface area contributed by atoms with E-state index in [9.17, 15) is 5.11 Å². The predicted molar refractivity (Wildman–Crippen MR) is 81.4 cm³/mol. The van der Waals surface area contributed by atoms with Crippen LogP contribution in [0, 0.1) is 12.3 Å². The molecule has 3 rings (SSSR count). The molecule has 110 valence electrons. The third kappa shape index (κ3) is 2.44. The Kier molecular flexibility index (Phi) is 3.96. The number of hydrogen-bond donors (Lipinski definition) is 1. The number of halogens is 1. The number of rotatable bonds is 2. The second kappa shape index (κ2) is 5.57. The first-order valence-corrected chi connectivity index (χ1v) is 8.10. The molecule has 2 fully saturated rings. The van der Waals surface area contributed by atoms with Gasteiger partial charge in [0.05, 0.1) is 6.10 Å². The van der Waals surface area contributed by atoms with Crippen molar-refractivity contribution in [2.75, 3.05) is 0 Å². The van der Waals surface area contributed by atoms with E-state index in [4.69, 9.17) is 16.3 Å². The molecule has 0 amide bonds. The van der Waals surface area contributed by atoms with Gasteiger partial charge in [-0.2, -0.15) is 0 Å². The Labute approximate surface area is 126 Å². The van der Waals surface area contributed by atoms with Crippen LogP contribution in [0.3, 0.4) is 0 Å². The number of aliphatic hydroxyl groups is 1. The first-order chi connectivity index (χ1) is 9.62. The molecule has 20 heavy (non-hydrogen) atoms. The van der Waals surface area contributed by atoms with Gasteiger partial charge in [0.1, 0.15) is 11.9 Å². The van der Waals surface area contributed by atoms with Crippen molar-refractivity contribution >= 4 is 11.6 Å². The van der Waals surface area contributed by atoms with Crippen LogP contribution < -0.4 is 4.74 Å². The Morgan fingerprint density at radius 2 is 1.90 bits per heavy atom. The lowest BCUT2D eigenvalue weighted by molar-refractivity contribution is -0.163. The summed E-state index contributed by atoms with van der Waals surface area (Å²) >= 11 is 5.99. The lowest BCUT2D eigenvalue weighted by Gasteiger charge is -2.53. The molecule has 0 bridgehead atoms. The largest absolute Gasteiger partial charge is 0.489 e. The molecule has 2 unspecified atom stereocenters. The van der Waals surface area contributed by atoms with E-state index < -0.39 is 0 Å². The summed E-state index contributed by atoms with van der Waals surface area (Å²) < 4.78 is 6.24. The van der Waals surface area contributed by atoms with Crippen molar-refractivity contribution in [3.05, 3.63) is 28.8 Å². The van der Waals surface area contributed by atoms with Crippen LogP contribution >= 0.6 is 11.6 Å². The maximum absolute atomic E-state index is 10.3. The summed E-state index contributed by atoms with van der Waals surface area (Å²) in [7, 11) is 0. The average Bonchev–Trinajstić information content (AvgIpc) is 2.69. The molecule has 2 aliphatic carbocycles. The van der Waals surface area contributed by atoms with E-state index in [1.807, 2.05) is 25.1 Å². The molecule has 2 saturated carbocycles. The lowest BCUT2D eigenvalue weighted by atomic mass is 9.59. The molecule has 1 spiro atoms. The van der Waals surface area contributed by atoms with Gasteiger partial charge in [-0.05, 0) is 43.5 Å². The van der Waals surface area contributed by atoms with Crippen LogP contribution in [0.1, 0.15) is 50.5 Å². The van der Waals surface area contributed by atoms with E-state index in [0.717, 1.165) is 35.6 Å². The fourth-order valence-corrected chi connectivity index (χ4v) is 4.06.